The van der Waals surface area contributed by atoms with Gasteiger partial charge in [0, 0.05) is 32.7 Å². The highest BCUT2D eigenvalue weighted by Gasteiger charge is 2.13. The first kappa shape index (κ1) is 18.4. The minimum absolute atomic E-state index is 0.139. The van der Waals surface area contributed by atoms with E-state index in [9.17, 15) is 9.59 Å². The Balaban J connectivity index is 1.77. The van der Waals surface area contributed by atoms with Crippen LogP contribution in [0.4, 0.5) is 5.69 Å². The van der Waals surface area contributed by atoms with E-state index in [0.29, 0.717) is 23.3 Å². The molecule has 1 N–H and O–H groups in total. The Morgan fingerprint density at radius 1 is 1.19 bits per heavy atom. The number of benzene rings is 2. The normalized spacial score (nSPS) is 10.7. The van der Waals surface area contributed by atoms with Crippen LogP contribution in [0.3, 0.4) is 0 Å². The number of nitrogens with one attached hydrogen (secondary N) is 1. The third-order valence-electron chi connectivity index (χ3n) is 4.22. The van der Waals surface area contributed by atoms with Crippen LogP contribution in [-0.4, -0.2) is 13.0 Å². The molecule has 0 atom stereocenters. The summed E-state index contributed by atoms with van der Waals surface area (Å²) in [5, 5.41) is 3.68. The fourth-order valence-corrected chi connectivity index (χ4v) is 3.15. The predicted molar refractivity (Wildman–Crippen MR) is 110 cm³/mol. The third-order valence-corrected chi connectivity index (χ3v) is 4.94. The average Bonchev–Trinajstić information content (AvgIpc) is 2.63. The summed E-state index contributed by atoms with van der Waals surface area (Å²) in [6, 6.07) is 12.9. The number of carbonyl (C=O) groups is 1. The molecule has 5 nitrogen and oxygen atoms in total. The zero-order valence-corrected chi connectivity index (χ0v) is 16.6. The van der Waals surface area contributed by atoms with Crippen LogP contribution in [0.5, 0.6) is 5.75 Å². The van der Waals surface area contributed by atoms with Gasteiger partial charge >= 0.3 is 5.63 Å². The van der Waals surface area contributed by atoms with Crippen LogP contribution in [-0.2, 0) is 11.2 Å². The van der Waals surface area contributed by atoms with Gasteiger partial charge in [-0.2, -0.15) is 0 Å². The molecule has 2 aromatic carbocycles. The maximum absolute atomic E-state index is 12.3. The van der Waals surface area contributed by atoms with E-state index in [2.05, 4.69) is 27.9 Å². The van der Waals surface area contributed by atoms with Crippen LogP contribution in [0.15, 0.2) is 51.7 Å². The van der Waals surface area contributed by atoms with Crippen LogP contribution in [0.25, 0.3) is 11.0 Å². The number of methoxy groups -OCH3 is 1. The first-order valence-electron chi connectivity index (χ1n) is 8.13. The number of rotatable bonds is 5. The van der Waals surface area contributed by atoms with Crippen molar-refractivity contribution in [2.45, 2.75) is 19.8 Å². The molecule has 26 heavy (non-hydrogen) atoms. The fourth-order valence-electron chi connectivity index (χ4n) is 2.79. The fraction of sp³-hybridized carbons (Fsp3) is 0.200. The Morgan fingerprint density at radius 3 is 2.62 bits per heavy atom. The van der Waals surface area contributed by atoms with E-state index in [1.807, 2.05) is 43.3 Å². The molecule has 0 radical (unpaired) electrons. The summed E-state index contributed by atoms with van der Waals surface area (Å²) in [7, 11) is 1.56. The maximum atomic E-state index is 12.3. The number of amides is 1. The van der Waals surface area contributed by atoms with Crippen molar-refractivity contribution in [1.82, 2.24) is 0 Å². The highest BCUT2D eigenvalue weighted by Crippen LogP contribution is 2.24. The quantitative estimate of drug-likeness (QED) is 0.453. The number of aryl methyl sites for hydroxylation is 1. The summed E-state index contributed by atoms with van der Waals surface area (Å²) in [4.78, 5) is 24.5. The number of hydrogen-bond acceptors (Lipinski definition) is 4. The molecule has 0 unspecified atom stereocenters. The second kappa shape index (κ2) is 7.90. The van der Waals surface area contributed by atoms with Crippen molar-refractivity contribution >= 4 is 45.2 Å². The van der Waals surface area contributed by atoms with Crippen LogP contribution in [0.1, 0.15) is 17.5 Å². The maximum Gasteiger partial charge on any atom is 0.339 e. The van der Waals surface area contributed by atoms with E-state index < -0.39 is 5.63 Å². The second-order valence-corrected chi connectivity index (χ2v) is 7.16. The zero-order chi connectivity index (χ0) is 18.7. The topological polar surface area (TPSA) is 68.5 Å². The number of ether oxygens (including phenoxy) is 1. The van der Waals surface area contributed by atoms with Gasteiger partial charge in [-0.25, -0.2) is 4.79 Å². The monoisotopic (exact) mass is 463 g/mol. The number of anilines is 1. The van der Waals surface area contributed by atoms with Crippen LogP contribution in [0, 0.1) is 10.5 Å². The van der Waals surface area contributed by atoms with Gasteiger partial charge in [-0.1, -0.05) is 0 Å². The lowest BCUT2D eigenvalue weighted by Crippen LogP contribution is -2.16. The van der Waals surface area contributed by atoms with Crippen molar-refractivity contribution in [2.75, 3.05) is 12.4 Å². The Bertz CT molecular complexity index is 1010. The molecule has 1 heterocycles. The molecule has 0 spiro atoms. The molecule has 134 valence electrons. The minimum atomic E-state index is -0.412. The lowest BCUT2D eigenvalue weighted by atomic mass is 10.0. The molecule has 0 saturated heterocycles. The lowest BCUT2D eigenvalue weighted by molar-refractivity contribution is -0.116. The Morgan fingerprint density at radius 2 is 1.92 bits per heavy atom. The van der Waals surface area contributed by atoms with Gasteiger partial charge in [0.05, 0.1) is 7.11 Å². The number of fused-ring (bicyclic) bond motifs is 1. The highest BCUT2D eigenvalue weighted by molar-refractivity contribution is 14.1. The summed E-state index contributed by atoms with van der Waals surface area (Å²) in [5.74, 6) is 0.490. The lowest BCUT2D eigenvalue weighted by Gasteiger charge is -2.09. The predicted octanol–water partition coefficient (Wildman–Crippen LogP) is 4.29. The molecule has 3 aromatic rings. The molecule has 1 aromatic heterocycles. The van der Waals surface area contributed by atoms with Gasteiger partial charge in [0.1, 0.15) is 11.3 Å². The molecular weight excluding hydrogens is 445 g/mol. The smallest absolute Gasteiger partial charge is 0.339 e. The molecule has 0 bridgehead atoms. The summed E-state index contributed by atoms with van der Waals surface area (Å²) in [6.07, 6.45) is 0.533. The molecule has 0 aliphatic carbocycles. The van der Waals surface area contributed by atoms with E-state index >= 15 is 0 Å². The van der Waals surface area contributed by atoms with Crippen LogP contribution in [0.2, 0.25) is 0 Å². The highest BCUT2D eigenvalue weighted by atomic mass is 127. The van der Waals surface area contributed by atoms with E-state index in [0.717, 1.165) is 20.2 Å². The minimum Gasteiger partial charge on any atom is -0.497 e. The Hall–Kier alpha value is -2.35. The van der Waals surface area contributed by atoms with E-state index in [1.54, 1.807) is 13.2 Å². The molecule has 3 rings (SSSR count). The van der Waals surface area contributed by atoms with Gasteiger partial charge in [-0.3, -0.25) is 4.79 Å². The summed E-state index contributed by atoms with van der Waals surface area (Å²) >= 11 is 2.21. The van der Waals surface area contributed by atoms with Crippen LogP contribution >= 0.6 is 22.6 Å². The van der Waals surface area contributed by atoms with Gasteiger partial charge in [0.15, 0.2) is 0 Å². The van der Waals surface area contributed by atoms with Gasteiger partial charge in [-0.05, 0) is 77.9 Å². The summed E-state index contributed by atoms with van der Waals surface area (Å²) in [5.41, 5.74) is 2.18. The van der Waals surface area contributed by atoms with E-state index in [4.69, 9.17) is 9.15 Å². The molecular formula is C20H18INO4. The van der Waals surface area contributed by atoms with Gasteiger partial charge in [0.25, 0.3) is 0 Å². The van der Waals surface area contributed by atoms with Crippen molar-refractivity contribution in [1.29, 1.82) is 0 Å². The number of halogens is 1. The summed E-state index contributed by atoms with van der Waals surface area (Å²) in [6.45, 7) is 1.87. The SMILES string of the molecule is COc1ccc2c(C)c(CCC(=O)Nc3ccc(I)cc3)c(=O)oc2c1. The Kier molecular flexibility index (Phi) is 5.61. The molecule has 1 amide bonds. The first-order valence-corrected chi connectivity index (χ1v) is 9.21. The molecule has 6 heteroatoms. The van der Waals surface area contributed by atoms with Crippen molar-refractivity contribution in [3.05, 3.63) is 67.6 Å². The van der Waals surface area contributed by atoms with Crippen molar-refractivity contribution in [3.8, 4) is 5.75 Å². The van der Waals surface area contributed by atoms with Crippen molar-refractivity contribution in [2.24, 2.45) is 0 Å². The summed E-state index contributed by atoms with van der Waals surface area (Å²) < 4.78 is 11.7. The average molecular weight is 463 g/mol. The van der Waals surface area contributed by atoms with Crippen molar-refractivity contribution in [3.63, 3.8) is 0 Å². The van der Waals surface area contributed by atoms with E-state index in [1.165, 1.54) is 0 Å². The Labute approximate surface area is 164 Å². The second-order valence-electron chi connectivity index (χ2n) is 5.91. The number of carbonyl (C=O) groups excluding carboxylic acids is 1. The zero-order valence-electron chi connectivity index (χ0n) is 14.5. The first-order chi connectivity index (χ1) is 12.5. The largest absolute Gasteiger partial charge is 0.497 e. The van der Waals surface area contributed by atoms with Gasteiger partial charge < -0.3 is 14.5 Å². The third kappa shape index (κ3) is 4.07. The molecule has 0 saturated carbocycles. The standard InChI is InChI=1S/C20H18INO4/c1-12-16-8-7-15(25-2)11-18(16)26-20(24)17(12)9-10-19(23)22-14-5-3-13(21)4-6-14/h3-8,11H,9-10H2,1-2H3,(H,22,23). The number of hydrogen-bond donors (Lipinski definition) is 1. The molecule has 0 aliphatic rings. The van der Waals surface area contributed by atoms with Crippen molar-refractivity contribution < 1.29 is 13.9 Å². The molecule has 0 aliphatic heterocycles. The van der Waals surface area contributed by atoms with E-state index in [-0.39, 0.29) is 12.3 Å². The van der Waals surface area contributed by atoms with Crippen LogP contribution < -0.4 is 15.7 Å². The molecule has 0 fully saturated rings. The van der Waals surface area contributed by atoms with Gasteiger partial charge in [-0.15, -0.1) is 0 Å². The van der Waals surface area contributed by atoms with Gasteiger partial charge in [0.2, 0.25) is 5.91 Å².